The van der Waals surface area contributed by atoms with Crippen molar-refractivity contribution in [3.63, 3.8) is 0 Å². The van der Waals surface area contributed by atoms with Crippen molar-refractivity contribution in [1.82, 2.24) is 10.2 Å². The second kappa shape index (κ2) is 9.75. The van der Waals surface area contributed by atoms with Crippen LogP contribution in [0.2, 0.25) is 0 Å². The lowest BCUT2D eigenvalue weighted by Gasteiger charge is -2.37. The first-order valence-electron chi connectivity index (χ1n) is 9.01. The van der Waals surface area contributed by atoms with Gasteiger partial charge in [-0.2, -0.15) is 0 Å². The molecule has 0 radical (unpaired) electrons. The Morgan fingerprint density at radius 2 is 1.82 bits per heavy atom. The minimum Gasteiger partial charge on any atom is -0.333 e. The molecule has 0 saturated carbocycles. The third-order valence-electron chi connectivity index (χ3n) is 4.83. The van der Waals surface area contributed by atoms with Gasteiger partial charge in [-0.05, 0) is 29.8 Å². The highest BCUT2D eigenvalue weighted by molar-refractivity contribution is 5.99. The number of nitrogens with zero attached hydrogens (tertiary/aromatic N) is 1. The van der Waals surface area contributed by atoms with Crippen molar-refractivity contribution in [3.05, 3.63) is 71.3 Å². The van der Waals surface area contributed by atoms with Gasteiger partial charge in [-0.3, -0.25) is 9.59 Å². The number of piperazine rings is 1. The zero-order valence-corrected chi connectivity index (χ0v) is 16.3. The average molecular weight is 409 g/mol. The number of ketones is 1. The molecular weight excluding hydrogens is 386 g/mol. The van der Waals surface area contributed by atoms with E-state index < -0.39 is 11.7 Å². The molecule has 0 aliphatic carbocycles. The molecular formula is C21H23ClF2N2O2. The van der Waals surface area contributed by atoms with E-state index in [9.17, 15) is 18.4 Å². The van der Waals surface area contributed by atoms with Crippen LogP contribution in [0.3, 0.4) is 0 Å². The summed E-state index contributed by atoms with van der Waals surface area (Å²) in [6.07, 6.45) is 0.0289. The van der Waals surface area contributed by atoms with Crippen molar-refractivity contribution < 1.29 is 18.4 Å². The van der Waals surface area contributed by atoms with E-state index >= 15 is 0 Å². The SMILES string of the molecule is CC(CC(=O)N1CCNCC1c1cccc(F)c1)C(=O)c1cccc(F)c1.Cl. The van der Waals surface area contributed by atoms with Gasteiger partial charge < -0.3 is 10.2 Å². The second-order valence-electron chi connectivity index (χ2n) is 6.84. The van der Waals surface area contributed by atoms with Crippen LogP contribution in [0.1, 0.15) is 35.3 Å². The summed E-state index contributed by atoms with van der Waals surface area (Å²) in [4.78, 5) is 27.1. The molecule has 28 heavy (non-hydrogen) atoms. The lowest BCUT2D eigenvalue weighted by atomic mass is 9.94. The van der Waals surface area contributed by atoms with E-state index in [0.717, 1.165) is 5.56 Å². The van der Waals surface area contributed by atoms with Crippen LogP contribution in [0.15, 0.2) is 48.5 Å². The zero-order chi connectivity index (χ0) is 19.4. The second-order valence-corrected chi connectivity index (χ2v) is 6.84. The Labute approximate surface area is 169 Å². The van der Waals surface area contributed by atoms with Gasteiger partial charge in [-0.15, -0.1) is 12.4 Å². The normalized spacial score (nSPS) is 17.5. The highest BCUT2D eigenvalue weighted by atomic mass is 35.5. The largest absolute Gasteiger partial charge is 0.333 e. The summed E-state index contributed by atoms with van der Waals surface area (Å²) in [5.41, 5.74) is 0.983. The number of hydrogen-bond donors (Lipinski definition) is 1. The first-order valence-corrected chi connectivity index (χ1v) is 9.01. The molecule has 1 saturated heterocycles. The lowest BCUT2D eigenvalue weighted by molar-refractivity contribution is -0.135. The number of halogens is 3. The molecule has 1 N–H and O–H groups in total. The van der Waals surface area contributed by atoms with Gasteiger partial charge >= 0.3 is 0 Å². The topological polar surface area (TPSA) is 49.4 Å². The van der Waals surface area contributed by atoms with Crippen LogP contribution in [-0.2, 0) is 4.79 Å². The molecule has 1 aliphatic heterocycles. The summed E-state index contributed by atoms with van der Waals surface area (Å²) in [5.74, 6) is -1.82. The fourth-order valence-electron chi connectivity index (χ4n) is 3.41. The number of rotatable bonds is 5. The molecule has 2 unspecified atom stereocenters. The molecule has 0 bridgehead atoms. The van der Waals surface area contributed by atoms with Crippen LogP contribution in [0.5, 0.6) is 0 Å². The number of Topliss-reactive ketones (excluding diaryl/α,β-unsaturated/α-hetero) is 1. The molecule has 4 nitrogen and oxygen atoms in total. The summed E-state index contributed by atoms with van der Waals surface area (Å²) >= 11 is 0. The Hall–Kier alpha value is -2.31. The van der Waals surface area contributed by atoms with Crippen LogP contribution in [-0.4, -0.2) is 36.2 Å². The van der Waals surface area contributed by atoms with E-state index in [0.29, 0.717) is 19.6 Å². The predicted molar refractivity (Wildman–Crippen MR) is 105 cm³/mol. The van der Waals surface area contributed by atoms with Gasteiger partial charge in [-0.1, -0.05) is 31.2 Å². The quantitative estimate of drug-likeness (QED) is 0.766. The first kappa shape index (κ1) is 22.0. The van der Waals surface area contributed by atoms with Crippen molar-refractivity contribution in [3.8, 4) is 0 Å². The van der Waals surface area contributed by atoms with E-state index in [1.165, 1.54) is 30.3 Å². The Kier molecular flexibility index (Phi) is 7.66. The van der Waals surface area contributed by atoms with Gasteiger partial charge in [0.1, 0.15) is 11.6 Å². The van der Waals surface area contributed by atoms with Crippen molar-refractivity contribution in [2.45, 2.75) is 19.4 Å². The number of hydrogen-bond acceptors (Lipinski definition) is 3. The van der Waals surface area contributed by atoms with E-state index in [-0.39, 0.29) is 47.9 Å². The maximum absolute atomic E-state index is 13.6. The Morgan fingerprint density at radius 1 is 1.14 bits per heavy atom. The summed E-state index contributed by atoms with van der Waals surface area (Å²) in [7, 11) is 0. The number of carbonyl (C=O) groups excluding carboxylic acids is 2. The number of carbonyl (C=O) groups is 2. The maximum Gasteiger partial charge on any atom is 0.223 e. The fraction of sp³-hybridized carbons (Fsp3) is 0.333. The maximum atomic E-state index is 13.6. The van der Waals surface area contributed by atoms with Crippen LogP contribution >= 0.6 is 12.4 Å². The van der Waals surface area contributed by atoms with Crippen molar-refractivity contribution >= 4 is 24.1 Å². The zero-order valence-electron chi connectivity index (χ0n) is 15.5. The van der Waals surface area contributed by atoms with Gasteiger partial charge in [0.25, 0.3) is 0 Å². The van der Waals surface area contributed by atoms with E-state index in [2.05, 4.69) is 5.32 Å². The van der Waals surface area contributed by atoms with Crippen molar-refractivity contribution in [1.29, 1.82) is 0 Å². The van der Waals surface area contributed by atoms with Gasteiger partial charge in [0.2, 0.25) is 5.91 Å². The van der Waals surface area contributed by atoms with Gasteiger partial charge in [0.15, 0.2) is 5.78 Å². The number of amides is 1. The van der Waals surface area contributed by atoms with Crippen molar-refractivity contribution in [2.75, 3.05) is 19.6 Å². The molecule has 1 heterocycles. The Morgan fingerprint density at radius 3 is 2.50 bits per heavy atom. The summed E-state index contributed by atoms with van der Waals surface area (Å²) in [6, 6.07) is 11.4. The summed E-state index contributed by atoms with van der Waals surface area (Å²) in [6.45, 7) is 3.33. The standard InChI is InChI=1S/C21H22F2N2O2.ClH/c1-14(21(27)16-5-3-7-18(23)12-16)10-20(26)25-9-8-24-13-19(25)15-4-2-6-17(22)11-15;/h2-7,11-12,14,19,24H,8-10,13H2,1H3;1H. The molecule has 1 fully saturated rings. The van der Waals surface area contributed by atoms with Gasteiger partial charge in [-0.25, -0.2) is 8.78 Å². The molecule has 2 aromatic rings. The Bertz CT molecular complexity index is 847. The highest BCUT2D eigenvalue weighted by Gasteiger charge is 2.30. The summed E-state index contributed by atoms with van der Waals surface area (Å²) in [5, 5.41) is 3.22. The monoisotopic (exact) mass is 408 g/mol. The van der Waals surface area contributed by atoms with E-state index in [1.54, 1.807) is 30.0 Å². The number of benzene rings is 2. The third-order valence-corrected chi connectivity index (χ3v) is 4.83. The molecule has 0 spiro atoms. The molecule has 0 aromatic heterocycles. The predicted octanol–water partition coefficient (Wildman–Crippen LogP) is 3.77. The van der Waals surface area contributed by atoms with Crippen molar-refractivity contribution in [2.24, 2.45) is 5.92 Å². The van der Waals surface area contributed by atoms with E-state index in [1.807, 2.05) is 0 Å². The van der Waals surface area contributed by atoms with E-state index in [4.69, 9.17) is 0 Å². The van der Waals surface area contributed by atoms with Crippen LogP contribution in [0.4, 0.5) is 8.78 Å². The number of nitrogens with one attached hydrogen (secondary N) is 1. The Balaban J connectivity index is 0.00000280. The molecule has 1 amide bonds. The molecule has 1 aliphatic rings. The minimum atomic E-state index is -0.567. The van der Waals surface area contributed by atoms with Crippen LogP contribution < -0.4 is 5.32 Å². The van der Waals surface area contributed by atoms with Crippen LogP contribution in [0.25, 0.3) is 0 Å². The lowest BCUT2D eigenvalue weighted by Crippen LogP contribution is -2.49. The summed E-state index contributed by atoms with van der Waals surface area (Å²) < 4.78 is 26.9. The highest BCUT2D eigenvalue weighted by Crippen LogP contribution is 2.25. The van der Waals surface area contributed by atoms with Gasteiger partial charge in [0.05, 0.1) is 6.04 Å². The van der Waals surface area contributed by atoms with Gasteiger partial charge in [0, 0.05) is 37.5 Å². The van der Waals surface area contributed by atoms with Crippen LogP contribution in [0, 0.1) is 17.6 Å². The molecule has 2 atom stereocenters. The molecule has 3 rings (SSSR count). The third kappa shape index (κ3) is 5.14. The smallest absolute Gasteiger partial charge is 0.223 e. The molecule has 2 aromatic carbocycles. The average Bonchev–Trinajstić information content (AvgIpc) is 2.67. The first-order chi connectivity index (χ1) is 13.0. The molecule has 150 valence electrons. The fourth-order valence-corrected chi connectivity index (χ4v) is 3.41. The minimum absolute atomic E-state index is 0. The molecule has 7 heteroatoms.